The number of hydrogen-bond donors (Lipinski definition) is 1. The Hall–Kier alpha value is -2.63. The van der Waals surface area contributed by atoms with Crippen LogP contribution in [0.1, 0.15) is 21.0 Å². The first-order chi connectivity index (χ1) is 8.16. The second kappa shape index (κ2) is 4.48. The number of para-hydroxylation sites is 1. The van der Waals surface area contributed by atoms with Gasteiger partial charge < -0.3 is 14.4 Å². The van der Waals surface area contributed by atoms with Gasteiger partial charge in [0.25, 0.3) is 0 Å². The minimum absolute atomic E-state index is 0.258. The van der Waals surface area contributed by atoms with Crippen LogP contribution in [0.2, 0.25) is 0 Å². The fraction of sp³-hybridized carbons (Fsp3) is 0. The molecule has 2 aromatic rings. The Labute approximate surface area is 95.4 Å². The highest BCUT2D eigenvalue weighted by atomic mass is 16.6. The molecule has 0 aliphatic carbocycles. The zero-order chi connectivity index (χ0) is 12.3. The summed E-state index contributed by atoms with van der Waals surface area (Å²) in [6, 6.07) is 9.36. The van der Waals surface area contributed by atoms with E-state index >= 15 is 0 Å². The van der Waals surface area contributed by atoms with Gasteiger partial charge in [-0.25, -0.2) is 9.59 Å². The summed E-state index contributed by atoms with van der Waals surface area (Å²) in [6.07, 6.45) is 0. The van der Waals surface area contributed by atoms with Gasteiger partial charge in [0, 0.05) is 6.07 Å². The summed E-state index contributed by atoms with van der Waals surface area (Å²) in [5.41, 5.74) is -0.343. The van der Waals surface area contributed by atoms with Gasteiger partial charge >= 0.3 is 11.9 Å². The molecule has 1 aromatic carbocycles. The minimum atomic E-state index is -1.27. The van der Waals surface area contributed by atoms with E-state index in [0.717, 1.165) is 6.07 Å². The second-order valence-electron chi connectivity index (χ2n) is 3.08. The van der Waals surface area contributed by atoms with Gasteiger partial charge in [-0.3, -0.25) is 0 Å². The molecule has 0 amide bonds. The number of carbonyl (C=O) groups is 2. The lowest BCUT2D eigenvalue weighted by atomic mass is 10.3. The summed E-state index contributed by atoms with van der Waals surface area (Å²) < 4.78 is 9.48. The van der Waals surface area contributed by atoms with E-state index in [1.54, 1.807) is 30.3 Å². The van der Waals surface area contributed by atoms with Gasteiger partial charge in [0.2, 0.25) is 5.76 Å². The predicted molar refractivity (Wildman–Crippen MR) is 54.9 cm³/mol. The van der Waals surface area contributed by atoms with Gasteiger partial charge in [0.05, 0.1) is 0 Å². The number of rotatable bonds is 3. The minimum Gasteiger partial charge on any atom is -0.476 e. The molecule has 0 aliphatic heterocycles. The fourth-order valence-corrected chi connectivity index (χ4v) is 1.12. The van der Waals surface area contributed by atoms with E-state index in [4.69, 9.17) is 9.84 Å². The lowest BCUT2D eigenvalue weighted by molar-refractivity contribution is 0.0668. The average molecular weight is 233 g/mol. The van der Waals surface area contributed by atoms with Crippen LogP contribution in [0.5, 0.6) is 5.75 Å². The maximum atomic E-state index is 11.5. The van der Waals surface area contributed by atoms with Crippen molar-refractivity contribution in [3.05, 3.63) is 47.9 Å². The molecule has 0 spiro atoms. The first kappa shape index (κ1) is 10.9. The van der Waals surface area contributed by atoms with E-state index in [-0.39, 0.29) is 11.5 Å². The molecule has 0 atom stereocenters. The Balaban J connectivity index is 2.12. The number of nitrogens with zero attached hydrogens (tertiary/aromatic N) is 1. The molecule has 0 aliphatic rings. The van der Waals surface area contributed by atoms with Gasteiger partial charge in [0.15, 0.2) is 5.69 Å². The molecule has 6 heteroatoms. The van der Waals surface area contributed by atoms with E-state index in [9.17, 15) is 9.59 Å². The molecule has 1 N–H and O–H groups in total. The molecule has 0 radical (unpaired) electrons. The quantitative estimate of drug-likeness (QED) is 0.639. The number of carboxylic acid groups (broad SMARTS) is 1. The van der Waals surface area contributed by atoms with Gasteiger partial charge in [0.1, 0.15) is 5.75 Å². The third-order valence-corrected chi connectivity index (χ3v) is 1.88. The molecule has 2 rings (SSSR count). The van der Waals surface area contributed by atoms with Crippen LogP contribution in [0, 0.1) is 0 Å². The molecule has 0 bridgehead atoms. The molecule has 86 valence electrons. The lowest BCUT2D eigenvalue weighted by Crippen LogP contribution is -2.07. The van der Waals surface area contributed by atoms with Crippen molar-refractivity contribution >= 4 is 11.9 Å². The van der Waals surface area contributed by atoms with Crippen LogP contribution in [0.25, 0.3) is 0 Å². The SMILES string of the molecule is O=C(O)c1cc(C(=O)Oc2ccccc2)on1. The van der Waals surface area contributed by atoms with Gasteiger partial charge in [-0.05, 0) is 12.1 Å². The molecular formula is C11H7NO5. The number of carbonyl (C=O) groups excluding carboxylic acids is 1. The van der Waals surface area contributed by atoms with E-state index in [1.807, 2.05) is 0 Å². The van der Waals surface area contributed by atoms with Crippen LogP contribution in [-0.4, -0.2) is 22.2 Å². The number of hydrogen-bond acceptors (Lipinski definition) is 5. The third kappa shape index (κ3) is 2.49. The summed E-state index contributed by atoms with van der Waals surface area (Å²) in [5, 5.41) is 11.8. The number of benzene rings is 1. The second-order valence-corrected chi connectivity index (χ2v) is 3.08. The van der Waals surface area contributed by atoms with E-state index in [0.29, 0.717) is 5.75 Å². The van der Waals surface area contributed by atoms with Crippen molar-refractivity contribution in [2.45, 2.75) is 0 Å². The fourth-order valence-electron chi connectivity index (χ4n) is 1.12. The standard InChI is InChI=1S/C11H7NO5/c13-10(14)8-6-9(17-12-8)11(15)16-7-4-2-1-3-5-7/h1-6H,(H,13,14). The molecule has 1 aromatic heterocycles. The van der Waals surface area contributed by atoms with Gasteiger partial charge in [-0.1, -0.05) is 23.4 Å². The van der Waals surface area contributed by atoms with Crippen molar-refractivity contribution in [3.63, 3.8) is 0 Å². The summed E-state index contributed by atoms with van der Waals surface area (Å²) in [7, 11) is 0. The first-order valence-corrected chi connectivity index (χ1v) is 4.64. The number of aromatic nitrogens is 1. The topological polar surface area (TPSA) is 89.6 Å². The molecule has 0 saturated carbocycles. The zero-order valence-corrected chi connectivity index (χ0v) is 8.49. The van der Waals surface area contributed by atoms with Crippen molar-refractivity contribution in [3.8, 4) is 5.75 Å². The number of esters is 1. The van der Waals surface area contributed by atoms with Crippen LogP contribution >= 0.6 is 0 Å². The summed E-state index contributed by atoms with van der Waals surface area (Å²) in [4.78, 5) is 22.0. The molecule has 0 saturated heterocycles. The Morgan fingerprint density at radius 2 is 1.94 bits per heavy atom. The Morgan fingerprint density at radius 3 is 2.53 bits per heavy atom. The largest absolute Gasteiger partial charge is 0.476 e. The molecule has 0 fully saturated rings. The maximum absolute atomic E-state index is 11.5. The highest BCUT2D eigenvalue weighted by Crippen LogP contribution is 2.12. The van der Waals surface area contributed by atoms with Crippen LogP contribution in [0.4, 0.5) is 0 Å². The van der Waals surface area contributed by atoms with Crippen molar-refractivity contribution in [1.82, 2.24) is 5.16 Å². The van der Waals surface area contributed by atoms with Crippen molar-refractivity contribution < 1.29 is 24.0 Å². The molecule has 0 unspecified atom stereocenters. The lowest BCUT2D eigenvalue weighted by Gasteiger charge is -1.99. The molecule has 1 heterocycles. The van der Waals surface area contributed by atoms with Gasteiger partial charge in [-0.2, -0.15) is 0 Å². The Morgan fingerprint density at radius 1 is 1.24 bits per heavy atom. The Bertz CT molecular complexity index is 546. The predicted octanol–water partition coefficient (Wildman–Crippen LogP) is 1.59. The first-order valence-electron chi connectivity index (χ1n) is 4.64. The normalized spacial score (nSPS) is 9.88. The number of ether oxygens (including phenoxy) is 1. The highest BCUT2D eigenvalue weighted by molar-refractivity contribution is 5.92. The third-order valence-electron chi connectivity index (χ3n) is 1.88. The monoisotopic (exact) mass is 233 g/mol. The van der Waals surface area contributed by atoms with E-state index in [1.165, 1.54) is 0 Å². The van der Waals surface area contributed by atoms with E-state index in [2.05, 4.69) is 9.68 Å². The Kier molecular flexibility index (Phi) is 2.87. The molecular weight excluding hydrogens is 226 g/mol. The average Bonchev–Trinajstić information content (AvgIpc) is 2.79. The van der Waals surface area contributed by atoms with Gasteiger partial charge in [-0.15, -0.1) is 0 Å². The van der Waals surface area contributed by atoms with Crippen LogP contribution in [0.3, 0.4) is 0 Å². The highest BCUT2D eigenvalue weighted by Gasteiger charge is 2.18. The number of carboxylic acids is 1. The van der Waals surface area contributed by atoms with Crippen LogP contribution in [-0.2, 0) is 0 Å². The van der Waals surface area contributed by atoms with Crippen molar-refractivity contribution in [1.29, 1.82) is 0 Å². The van der Waals surface area contributed by atoms with Crippen LogP contribution in [0.15, 0.2) is 40.9 Å². The summed E-state index contributed by atoms with van der Waals surface area (Å²) >= 11 is 0. The molecule has 6 nitrogen and oxygen atoms in total. The summed E-state index contributed by atoms with van der Waals surface area (Å²) in [5.74, 6) is -1.99. The number of aromatic carboxylic acids is 1. The van der Waals surface area contributed by atoms with Crippen molar-refractivity contribution in [2.75, 3.05) is 0 Å². The van der Waals surface area contributed by atoms with Crippen molar-refractivity contribution in [2.24, 2.45) is 0 Å². The maximum Gasteiger partial charge on any atom is 0.382 e. The van der Waals surface area contributed by atoms with Crippen LogP contribution < -0.4 is 4.74 Å². The smallest absolute Gasteiger partial charge is 0.382 e. The summed E-state index contributed by atoms with van der Waals surface area (Å²) in [6.45, 7) is 0. The zero-order valence-electron chi connectivity index (χ0n) is 8.49. The molecule has 17 heavy (non-hydrogen) atoms. The van der Waals surface area contributed by atoms with E-state index < -0.39 is 11.9 Å².